The Labute approximate surface area is 111 Å². The van der Waals surface area contributed by atoms with Crippen LogP contribution < -0.4 is 10.5 Å². The largest absolute Gasteiger partial charge is 0.489 e. The first kappa shape index (κ1) is 13.4. The Morgan fingerprint density at radius 3 is 2.39 bits per heavy atom. The van der Waals surface area contributed by atoms with Gasteiger partial charge in [0.05, 0.1) is 0 Å². The normalized spacial score (nSPS) is 24.9. The van der Waals surface area contributed by atoms with Crippen LogP contribution in [0.5, 0.6) is 5.75 Å². The first-order valence-electron chi connectivity index (χ1n) is 7.19. The zero-order chi connectivity index (χ0) is 13.0. The fraction of sp³-hybridized carbons (Fsp3) is 0.625. The molecule has 0 radical (unpaired) electrons. The predicted octanol–water partition coefficient (Wildman–Crippen LogP) is 3.85. The lowest BCUT2D eigenvalue weighted by Gasteiger charge is -2.23. The number of benzene rings is 1. The molecular weight excluding hydrogens is 222 g/mol. The third-order valence-corrected chi connectivity index (χ3v) is 3.84. The summed E-state index contributed by atoms with van der Waals surface area (Å²) < 4.78 is 6.06. The quantitative estimate of drug-likeness (QED) is 0.823. The topological polar surface area (TPSA) is 35.2 Å². The van der Waals surface area contributed by atoms with E-state index in [1.54, 1.807) is 0 Å². The van der Waals surface area contributed by atoms with Crippen LogP contribution in [0.25, 0.3) is 0 Å². The van der Waals surface area contributed by atoms with Crippen LogP contribution in [-0.2, 0) is 0 Å². The fourth-order valence-corrected chi connectivity index (χ4v) is 2.55. The number of nitrogens with two attached hydrogens (primary N) is 1. The van der Waals surface area contributed by atoms with Crippen LogP contribution in [0.2, 0.25) is 0 Å². The van der Waals surface area contributed by atoms with Gasteiger partial charge in [-0.3, -0.25) is 0 Å². The molecule has 1 aliphatic rings. The molecule has 2 rings (SSSR count). The van der Waals surface area contributed by atoms with Crippen molar-refractivity contribution in [3.63, 3.8) is 0 Å². The van der Waals surface area contributed by atoms with Crippen LogP contribution in [-0.4, -0.2) is 12.1 Å². The van der Waals surface area contributed by atoms with Crippen LogP contribution in [0.15, 0.2) is 24.3 Å². The lowest BCUT2D eigenvalue weighted by Crippen LogP contribution is -2.37. The minimum atomic E-state index is 0.192. The maximum absolute atomic E-state index is 6.18. The molecule has 0 spiro atoms. The van der Waals surface area contributed by atoms with E-state index in [1.165, 1.54) is 24.8 Å². The number of hydrogen-bond acceptors (Lipinski definition) is 2. The van der Waals surface area contributed by atoms with Gasteiger partial charge in [-0.2, -0.15) is 0 Å². The lowest BCUT2D eigenvalue weighted by molar-refractivity contribution is 0.163. The summed E-state index contributed by atoms with van der Waals surface area (Å²) in [5.74, 6) is 1.53. The number of ether oxygens (including phenoxy) is 1. The average molecular weight is 247 g/mol. The van der Waals surface area contributed by atoms with Gasteiger partial charge in [0.15, 0.2) is 0 Å². The van der Waals surface area contributed by atoms with Gasteiger partial charge in [-0.1, -0.05) is 38.8 Å². The van der Waals surface area contributed by atoms with Crippen molar-refractivity contribution in [1.82, 2.24) is 0 Å². The predicted molar refractivity (Wildman–Crippen MR) is 76.0 cm³/mol. The molecule has 0 heterocycles. The second-order valence-corrected chi connectivity index (χ2v) is 5.68. The molecule has 0 amide bonds. The molecule has 2 unspecified atom stereocenters. The Morgan fingerprint density at radius 1 is 1.06 bits per heavy atom. The van der Waals surface area contributed by atoms with Crippen molar-refractivity contribution in [2.45, 2.75) is 64.0 Å². The Balaban J connectivity index is 1.99. The first-order valence-corrected chi connectivity index (χ1v) is 7.19. The van der Waals surface area contributed by atoms with Gasteiger partial charge in [0.2, 0.25) is 0 Å². The second-order valence-electron chi connectivity index (χ2n) is 5.68. The molecule has 2 heteroatoms. The van der Waals surface area contributed by atoms with Gasteiger partial charge in [0.1, 0.15) is 11.9 Å². The molecule has 2 N–H and O–H groups in total. The van der Waals surface area contributed by atoms with Crippen LogP contribution in [0.3, 0.4) is 0 Å². The van der Waals surface area contributed by atoms with E-state index in [1.807, 2.05) is 0 Å². The van der Waals surface area contributed by atoms with Gasteiger partial charge in [-0.15, -0.1) is 0 Å². The van der Waals surface area contributed by atoms with E-state index in [0.717, 1.165) is 18.6 Å². The molecule has 2 atom stereocenters. The van der Waals surface area contributed by atoms with Crippen molar-refractivity contribution in [2.24, 2.45) is 5.73 Å². The number of rotatable bonds is 3. The second kappa shape index (κ2) is 6.24. The van der Waals surface area contributed by atoms with E-state index in [9.17, 15) is 0 Å². The number of hydrogen-bond donors (Lipinski definition) is 1. The molecule has 1 fully saturated rings. The van der Waals surface area contributed by atoms with E-state index < -0.39 is 0 Å². The first-order chi connectivity index (χ1) is 8.66. The van der Waals surface area contributed by atoms with E-state index >= 15 is 0 Å². The molecular formula is C16H25NO. The van der Waals surface area contributed by atoms with Crippen molar-refractivity contribution in [2.75, 3.05) is 0 Å². The standard InChI is InChI=1S/C16H25NO/c1-12(2)13-8-10-14(11-9-13)18-16-7-5-3-4-6-15(16)17/h8-12,15-16H,3-7,17H2,1-2H3. The lowest BCUT2D eigenvalue weighted by atomic mass is 10.0. The van der Waals surface area contributed by atoms with Crippen LogP contribution in [0.1, 0.15) is 57.4 Å². The summed E-state index contributed by atoms with van der Waals surface area (Å²) in [5.41, 5.74) is 7.53. The van der Waals surface area contributed by atoms with Crippen molar-refractivity contribution in [3.05, 3.63) is 29.8 Å². The van der Waals surface area contributed by atoms with E-state index in [-0.39, 0.29) is 12.1 Å². The highest BCUT2D eigenvalue weighted by Crippen LogP contribution is 2.24. The van der Waals surface area contributed by atoms with E-state index in [2.05, 4.69) is 38.1 Å². The summed E-state index contributed by atoms with van der Waals surface area (Å²) in [4.78, 5) is 0. The third-order valence-electron chi connectivity index (χ3n) is 3.84. The smallest absolute Gasteiger partial charge is 0.119 e. The van der Waals surface area contributed by atoms with Gasteiger partial charge in [0.25, 0.3) is 0 Å². The molecule has 0 aliphatic heterocycles. The van der Waals surface area contributed by atoms with Crippen molar-refractivity contribution in [1.29, 1.82) is 0 Å². The summed E-state index contributed by atoms with van der Waals surface area (Å²) in [6.45, 7) is 4.41. The SMILES string of the molecule is CC(C)c1ccc(OC2CCCCCC2N)cc1. The molecule has 1 aliphatic carbocycles. The van der Waals surface area contributed by atoms with Gasteiger partial charge >= 0.3 is 0 Å². The molecule has 1 aromatic carbocycles. The highest BCUT2D eigenvalue weighted by Gasteiger charge is 2.21. The Bertz CT molecular complexity index is 358. The minimum absolute atomic E-state index is 0.192. The maximum atomic E-state index is 6.18. The van der Waals surface area contributed by atoms with Crippen molar-refractivity contribution >= 4 is 0 Å². The summed E-state index contributed by atoms with van der Waals surface area (Å²) in [7, 11) is 0. The van der Waals surface area contributed by atoms with Crippen molar-refractivity contribution in [3.8, 4) is 5.75 Å². The highest BCUT2D eigenvalue weighted by atomic mass is 16.5. The monoisotopic (exact) mass is 247 g/mol. The van der Waals surface area contributed by atoms with Crippen LogP contribution in [0.4, 0.5) is 0 Å². The van der Waals surface area contributed by atoms with Gasteiger partial charge in [-0.25, -0.2) is 0 Å². The van der Waals surface area contributed by atoms with Gasteiger partial charge in [0, 0.05) is 6.04 Å². The van der Waals surface area contributed by atoms with E-state index in [0.29, 0.717) is 5.92 Å². The third kappa shape index (κ3) is 3.49. The molecule has 18 heavy (non-hydrogen) atoms. The minimum Gasteiger partial charge on any atom is -0.489 e. The molecule has 0 aromatic heterocycles. The highest BCUT2D eigenvalue weighted by molar-refractivity contribution is 5.29. The van der Waals surface area contributed by atoms with E-state index in [4.69, 9.17) is 10.5 Å². The molecule has 1 saturated carbocycles. The Kier molecular flexibility index (Phi) is 4.65. The van der Waals surface area contributed by atoms with Crippen LogP contribution >= 0.6 is 0 Å². The average Bonchev–Trinajstić information content (AvgIpc) is 2.56. The Morgan fingerprint density at radius 2 is 1.72 bits per heavy atom. The summed E-state index contributed by atoms with van der Waals surface area (Å²) in [6.07, 6.45) is 6.15. The van der Waals surface area contributed by atoms with Gasteiger partial charge in [-0.05, 0) is 42.9 Å². The molecule has 0 bridgehead atoms. The maximum Gasteiger partial charge on any atom is 0.119 e. The zero-order valence-electron chi connectivity index (χ0n) is 11.6. The molecule has 100 valence electrons. The summed E-state index contributed by atoms with van der Waals surface area (Å²) in [5, 5.41) is 0. The van der Waals surface area contributed by atoms with Crippen molar-refractivity contribution < 1.29 is 4.74 Å². The summed E-state index contributed by atoms with van der Waals surface area (Å²) >= 11 is 0. The molecule has 2 nitrogen and oxygen atoms in total. The van der Waals surface area contributed by atoms with Gasteiger partial charge < -0.3 is 10.5 Å². The van der Waals surface area contributed by atoms with Crippen LogP contribution in [0, 0.1) is 0 Å². The molecule has 1 aromatic rings. The zero-order valence-corrected chi connectivity index (χ0v) is 11.6. The molecule has 0 saturated heterocycles. The fourth-order valence-electron chi connectivity index (χ4n) is 2.55. The Hall–Kier alpha value is -1.02. The summed E-state index contributed by atoms with van der Waals surface area (Å²) in [6, 6.07) is 8.65.